The number of rotatable bonds is 7. The van der Waals surface area contributed by atoms with Crippen molar-refractivity contribution in [3.05, 3.63) is 47.4 Å². The lowest BCUT2D eigenvalue weighted by atomic mass is 10.1. The van der Waals surface area contributed by atoms with Crippen LogP contribution in [0, 0.1) is 29.6 Å². The molecule has 0 atom stereocenters. The molecule has 174 valence electrons. The second-order valence-electron chi connectivity index (χ2n) is 8.13. The van der Waals surface area contributed by atoms with Crippen molar-refractivity contribution < 1.29 is 0 Å². The zero-order valence-electron chi connectivity index (χ0n) is 19.3. The zero-order chi connectivity index (χ0) is 24.2. The third kappa shape index (κ3) is 4.56. The van der Waals surface area contributed by atoms with Crippen molar-refractivity contribution in [2.45, 2.75) is 13.8 Å². The van der Waals surface area contributed by atoms with Gasteiger partial charge in [-0.2, -0.15) is 20.0 Å². The smallest absolute Gasteiger partial charge is 0.247 e. The number of benzene rings is 1. The maximum atomic E-state index is 9.66. The Kier molecular flexibility index (Phi) is 6.48. The fourth-order valence-corrected chi connectivity index (χ4v) is 4.07. The van der Waals surface area contributed by atoms with Crippen LogP contribution in [0.3, 0.4) is 0 Å². The first kappa shape index (κ1) is 22.8. The van der Waals surface area contributed by atoms with Gasteiger partial charge in [-0.25, -0.2) is 4.98 Å². The monoisotopic (exact) mass is 457 g/mol. The van der Waals surface area contributed by atoms with Crippen molar-refractivity contribution >= 4 is 28.8 Å². The van der Waals surface area contributed by atoms with Gasteiger partial charge in [-0.15, -0.1) is 5.10 Å². The predicted octanol–water partition coefficient (Wildman–Crippen LogP) is 1.95. The zero-order valence-corrected chi connectivity index (χ0v) is 19.3. The summed E-state index contributed by atoms with van der Waals surface area (Å²) in [4.78, 5) is 13.4. The highest BCUT2D eigenvalue weighted by molar-refractivity contribution is 5.73. The molecule has 2 aromatic heterocycles. The maximum Gasteiger partial charge on any atom is 0.247 e. The van der Waals surface area contributed by atoms with Crippen LogP contribution >= 0.6 is 0 Å². The number of imidazole rings is 1. The topological polar surface area (TPSA) is 147 Å². The molecule has 0 unspecified atom stereocenters. The Hall–Kier alpha value is -4.35. The van der Waals surface area contributed by atoms with Crippen LogP contribution in [0.4, 0.5) is 23.1 Å². The Morgan fingerprint density at radius 2 is 1.97 bits per heavy atom. The van der Waals surface area contributed by atoms with Gasteiger partial charge in [-0.3, -0.25) is 4.90 Å². The molecule has 4 rings (SSSR count). The molecule has 11 heteroatoms. The highest BCUT2D eigenvalue weighted by atomic mass is 15.4. The van der Waals surface area contributed by atoms with E-state index in [9.17, 15) is 10.5 Å². The summed E-state index contributed by atoms with van der Waals surface area (Å²) < 4.78 is 1.46. The average Bonchev–Trinajstić information content (AvgIpc) is 3.24. The third-order valence-corrected chi connectivity index (χ3v) is 5.72. The van der Waals surface area contributed by atoms with Gasteiger partial charge in [0.1, 0.15) is 6.07 Å². The average molecular weight is 458 g/mol. The van der Waals surface area contributed by atoms with E-state index in [0.29, 0.717) is 47.5 Å². The van der Waals surface area contributed by atoms with Crippen molar-refractivity contribution in [1.29, 1.82) is 10.5 Å². The van der Waals surface area contributed by atoms with Gasteiger partial charge in [0.15, 0.2) is 17.2 Å². The van der Waals surface area contributed by atoms with Gasteiger partial charge >= 0.3 is 0 Å². The number of aromatic nitrogens is 4. The summed E-state index contributed by atoms with van der Waals surface area (Å²) in [7, 11) is 0. The molecule has 0 radical (unpaired) electrons. The van der Waals surface area contributed by atoms with Crippen LogP contribution in [0.5, 0.6) is 0 Å². The van der Waals surface area contributed by atoms with Crippen molar-refractivity contribution in [3.63, 3.8) is 0 Å². The minimum absolute atomic E-state index is 0.299. The first-order valence-electron chi connectivity index (χ1n) is 11.1. The molecule has 3 heterocycles. The molecule has 4 N–H and O–H groups in total. The molecule has 1 saturated heterocycles. The molecule has 0 aliphatic carbocycles. The number of nitrogens with zero attached hydrogens (tertiary/aromatic N) is 8. The maximum absolute atomic E-state index is 9.66. The van der Waals surface area contributed by atoms with E-state index in [-0.39, 0.29) is 0 Å². The first-order valence-corrected chi connectivity index (χ1v) is 11.1. The van der Waals surface area contributed by atoms with E-state index in [4.69, 9.17) is 5.73 Å². The molecule has 34 heavy (non-hydrogen) atoms. The molecule has 1 aromatic carbocycles. The molecule has 1 aliphatic heterocycles. The molecule has 3 aromatic rings. The second kappa shape index (κ2) is 9.65. The number of fused-ring (bicyclic) bond motifs is 1. The van der Waals surface area contributed by atoms with E-state index in [1.165, 1.54) is 10.7 Å². The lowest BCUT2D eigenvalue weighted by molar-refractivity contribution is 0.277. The Balaban J connectivity index is 1.67. The third-order valence-electron chi connectivity index (χ3n) is 5.72. The van der Waals surface area contributed by atoms with Crippen molar-refractivity contribution in [2.75, 3.05) is 54.8 Å². The van der Waals surface area contributed by atoms with Crippen LogP contribution in [0.15, 0.2) is 30.6 Å². The van der Waals surface area contributed by atoms with E-state index in [1.54, 1.807) is 6.07 Å². The number of hydrogen-bond donors (Lipinski definition) is 3. The minimum atomic E-state index is 0.299. The summed E-state index contributed by atoms with van der Waals surface area (Å²) in [5.41, 5.74) is 10.4. The number of nitrogens with one attached hydrogen (secondary N) is 2. The van der Waals surface area contributed by atoms with Crippen LogP contribution in [0.25, 0.3) is 5.65 Å². The Morgan fingerprint density at radius 1 is 1.21 bits per heavy atom. The van der Waals surface area contributed by atoms with Crippen LogP contribution in [0.1, 0.15) is 23.7 Å². The summed E-state index contributed by atoms with van der Waals surface area (Å²) in [6.07, 6.45) is 1.47. The van der Waals surface area contributed by atoms with E-state index < -0.39 is 0 Å². The minimum Gasteiger partial charge on any atom is -0.401 e. The number of nitriles is 2. The Labute approximate surface area is 198 Å². The molecular formula is C23H27N11. The Morgan fingerprint density at radius 3 is 2.62 bits per heavy atom. The van der Waals surface area contributed by atoms with Gasteiger partial charge in [-0.05, 0) is 31.5 Å². The molecule has 1 aliphatic rings. The number of hydrogen-bond acceptors (Lipinski definition) is 10. The van der Waals surface area contributed by atoms with Crippen molar-refractivity contribution in [3.8, 4) is 12.1 Å². The van der Waals surface area contributed by atoms with Crippen molar-refractivity contribution in [1.82, 2.24) is 24.5 Å². The summed E-state index contributed by atoms with van der Waals surface area (Å²) in [5.74, 6) is 0.821. The Bertz CT molecular complexity index is 1300. The fourth-order valence-electron chi connectivity index (χ4n) is 4.07. The van der Waals surface area contributed by atoms with E-state index in [1.807, 2.05) is 19.9 Å². The fraction of sp³-hybridized carbons (Fsp3) is 0.348. The summed E-state index contributed by atoms with van der Waals surface area (Å²) in [6, 6.07) is 8.05. The highest BCUT2D eigenvalue weighted by Gasteiger charge is 2.21. The number of nitrogens with two attached hydrogens (primary N) is 1. The molecule has 0 amide bonds. The summed E-state index contributed by atoms with van der Waals surface area (Å²) in [5, 5.41) is 30.0. The standard InChI is InChI=1S/C23H27N11/c1-4-27-21-22-28-13-18(12-25)34(22)31-23(30-21)29-19-9-17(11-24)10-20(16(19)3)33-7-5-32(6-8-33)14-15(2)26/h9-10,13H,2,4-8,14,26H2,1,3H3,(H2,27,29,30,31). The summed E-state index contributed by atoms with van der Waals surface area (Å²) in [6.45, 7) is 12.4. The number of anilines is 4. The first-order chi connectivity index (χ1) is 16.4. The van der Waals surface area contributed by atoms with Crippen LogP contribution in [-0.2, 0) is 0 Å². The second-order valence-corrected chi connectivity index (χ2v) is 8.13. The molecule has 0 spiro atoms. The molecule has 0 saturated carbocycles. The lowest BCUT2D eigenvalue weighted by Crippen LogP contribution is -2.47. The van der Waals surface area contributed by atoms with E-state index >= 15 is 0 Å². The quantitative estimate of drug-likeness (QED) is 0.481. The van der Waals surface area contributed by atoms with E-state index in [0.717, 1.165) is 43.1 Å². The lowest BCUT2D eigenvalue weighted by Gasteiger charge is -2.37. The van der Waals surface area contributed by atoms with E-state index in [2.05, 4.69) is 54.2 Å². The number of piperazine rings is 1. The normalized spacial score (nSPS) is 13.9. The largest absolute Gasteiger partial charge is 0.401 e. The highest BCUT2D eigenvalue weighted by Crippen LogP contribution is 2.31. The van der Waals surface area contributed by atoms with Crippen LogP contribution in [-0.4, -0.2) is 63.8 Å². The van der Waals surface area contributed by atoms with Gasteiger partial charge in [0, 0.05) is 56.3 Å². The molecule has 1 fully saturated rings. The van der Waals surface area contributed by atoms with Crippen LogP contribution in [0.2, 0.25) is 0 Å². The van der Waals surface area contributed by atoms with Gasteiger partial charge in [0.05, 0.1) is 17.8 Å². The summed E-state index contributed by atoms with van der Waals surface area (Å²) >= 11 is 0. The molecular weight excluding hydrogens is 430 g/mol. The van der Waals surface area contributed by atoms with Crippen molar-refractivity contribution in [2.24, 2.45) is 5.73 Å². The van der Waals surface area contributed by atoms with Gasteiger partial charge < -0.3 is 21.3 Å². The van der Waals surface area contributed by atoms with Gasteiger partial charge in [0.25, 0.3) is 0 Å². The predicted molar refractivity (Wildman–Crippen MR) is 131 cm³/mol. The van der Waals surface area contributed by atoms with Crippen LogP contribution < -0.4 is 21.3 Å². The van der Waals surface area contributed by atoms with Gasteiger partial charge in [0.2, 0.25) is 5.95 Å². The molecule has 0 bridgehead atoms. The molecule has 11 nitrogen and oxygen atoms in total. The van der Waals surface area contributed by atoms with Gasteiger partial charge in [-0.1, -0.05) is 6.58 Å². The SMILES string of the molecule is C=C(N)CN1CCN(c2cc(C#N)cc(Nc3nc(NCC)c4ncc(C#N)n4n3)c2C)CC1.